The lowest BCUT2D eigenvalue weighted by atomic mass is 9.55. The predicted octanol–water partition coefficient (Wildman–Crippen LogP) is 2.35. The molecular formula is C21H20N2O4. The standard InChI is InChI=1S/C21H20N2O4/c1-27-19(26)23-20-10-5-11-21(20,23)14-9-8-13(20)15-16(14)18(25)22(17(15)24)12-6-3-2-4-7-12/h2-4,6-9,13-16H,5,10-11H2,1H3/t13-,14-,15+,16+,20-,21+,23?/m0/s1. The van der Waals surface area contributed by atoms with Crippen molar-refractivity contribution in [1.29, 1.82) is 0 Å². The zero-order valence-corrected chi connectivity index (χ0v) is 15.0. The number of ether oxygens (including phenoxy) is 1. The Hall–Kier alpha value is -2.63. The highest BCUT2D eigenvalue weighted by atomic mass is 16.5. The molecule has 0 aromatic heterocycles. The van der Waals surface area contributed by atoms with Crippen LogP contribution in [0.5, 0.6) is 0 Å². The third kappa shape index (κ3) is 1.40. The van der Waals surface area contributed by atoms with Crippen LogP contribution < -0.4 is 4.90 Å². The molecule has 6 heteroatoms. The van der Waals surface area contributed by atoms with E-state index < -0.39 is 0 Å². The third-order valence-electron chi connectivity index (χ3n) is 7.79. The number of anilines is 1. The fourth-order valence-electron chi connectivity index (χ4n) is 7.10. The molecule has 6 nitrogen and oxygen atoms in total. The molecule has 2 saturated heterocycles. The Morgan fingerprint density at radius 1 is 1.00 bits per heavy atom. The predicted molar refractivity (Wildman–Crippen MR) is 95.6 cm³/mol. The molecule has 4 fully saturated rings. The van der Waals surface area contributed by atoms with Crippen molar-refractivity contribution < 1.29 is 19.1 Å². The van der Waals surface area contributed by atoms with Crippen LogP contribution in [0.3, 0.4) is 0 Å². The number of imide groups is 1. The number of carbonyl (C=O) groups is 3. The number of methoxy groups -OCH3 is 1. The Kier molecular flexibility index (Phi) is 2.63. The number of amides is 3. The summed E-state index contributed by atoms with van der Waals surface area (Å²) < 4.78 is 5.06. The number of benzene rings is 1. The van der Waals surface area contributed by atoms with Crippen LogP contribution in [-0.4, -0.2) is 41.0 Å². The van der Waals surface area contributed by atoms with E-state index in [1.165, 1.54) is 12.0 Å². The molecule has 1 aromatic carbocycles. The number of carbonyl (C=O) groups excluding carboxylic acids is 3. The zero-order chi connectivity index (χ0) is 18.6. The van der Waals surface area contributed by atoms with Crippen LogP contribution in [-0.2, 0) is 14.3 Å². The molecule has 6 atom stereocenters. The van der Waals surface area contributed by atoms with E-state index in [1.807, 2.05) is 23.1 Å². The molecule has 0 unspecified atom stereocenters. The summed E-state index contributed by atoms with van der Waals surface area (Å²) in [7, 11) is 1.40. The molecule has 0 radical (unpaired) electrons. The molecule has 2 heterocycles. The van der Waals surface area contributed by atoms with E-state index in [4.69, 9.17) is 4.74 Å². The summed E-state index contributed by atoms with van der Waals surface area (Å²) in [5.41, 5.74) is -0.0490. The number of nitrogens with zero attached hydrogens (tertiary/aromatic N) is 2. The van der Waals surface area contributed by atoms with Gasteiger partial charge in [-0.2, -0.15) is 0 Å². The molecule has 27 heavy (non-hydrogen) atoms. The van der Waals surface area contributed by atoms with Crippen molar-refractivity contribution in [2.24, 2.45) is 23.7 Å². The Balaban J connectivity index is 1.48. The summed E-state index contributed by atoms with van der Waals surface area (Å²) in [5, 5.41) is 0. The van der Waals surface area contributed by atoms with Crippen molar-refractivity contribution in [3.8, 4) is 0 Å². The van der Waals surface area contributed by atoms with Crippen LogP contribution in [0.25, 0.3) is 0 Å². The van der Waals surface area contributed by atoms with E-state index in [0.29, 0.717) is 5.69 Å². The van der Waals surface area contributed by atoms with Gasteiger partial charge in [0.05, 0.1) is 35.7 Å². The van der Waals surface area contributed by atoms with E-state index in [9.17, 15) is 14.4 Å². The summed E-state index contributed by atoms with van der Waals surface area (Å²) in [6, 6.07) is 9.17. The van der Waals surface area contributed by atoms with Gasteiger partial charge in [0.25, 0.3) is 0 Å². The van der Waals surface area contributed by atoms with Gasteiger partial charge in [-0.05, 0) is 31.4 Å². The van der Waals surface area contributed by atoms with Crippen LogP contribution >= 0.6 is 0 Å². The van der Waals surface area contributed by atoms with Gasteiger partial charge in [0.2, 0.25) is 11.8 Å². The molecule has 6 aliphatic rings. The quantitative estimate of drug-likeness (QED) is 0.436. The second-order valence-corrected chi connectivity index (χ2v) is 8.34. The maximum absolute atomic E-state index is 13.4. The van der Waals surface area contributed by atoms with Gasteiger partial charge in [0.1, 0.15) is 0 Å². The first-order valence-corrected chi connectivity index (χ1v) is 9.59. The molecule has 2 bridgehead atoms. The number of likely N-dealkylation sites (tertiary alicyclic amines) is 1. The number of hydrogen-bond acceptors (Lipinski definition) is 4. The average Bonchev–Trinajstić information content (AvgIpc) is 2.96. The first-order chi connectivity index (χ1) is 13.1. The highest BCUT2D eigenvalue weighted by Gasteiger charge is 2.90. The van der Waals surface area contributed by atoms with Crippen LogP contribution in [0.4, 0.5) is 10.5 Å². The topological polar surface area (TPSA) is 66.7 Å². The summed E-state index contributed by atoms with van der Waals surface area (Å²) in [6.45, 7) is 0. The molecule has 2 aliphatic heterocycles. The first-order valence-electron chi connectivity index (χ1n) is 9.59. The Bertz CT molecular complexity index is 881. The van der Waals surface area contributed by atoms with Crippen molar-refractivity contribution in [3.63, 3.8) is 0 Å². The average molecular weight is 364 g/mol. The van der Waals surface area contributed by atoms with Crippen molar-refractivity contribution >= 4 is 23.6 Å². The Morgan fingerprint density at radius 2 is 1.56 bits per heavy atom. The number of para-hydroxylation sites is 1. The van der Waals surface area contributed by atoms with Gasteiger partial charge in [0, 0.05) is 11.8 Å². The molecule has 4 aliphatic carbocycles. The Labute approximate surface area is 156 Å². The SMILES string of the molecule is COC(=O)N1[C@@]23CCC[C@@]12[C@H]1C=C[C@H]3[C@H]2C(=O)N(c3ccccc3)C(=O)[C@@H]21. The number of rotatable bonds is 1. The highest BCUT2D eigenvalue weighted by molar-refractivity contribution is 6.23. The van der Waals surface area contributed by atoms with Gasteiger partial charge in [0.15, 0.2) is 0 Å². The van der Waals surface area contributed by atoms with Crippen molar-refractivity contribution in [1.82, 2.24) is 4.90 Å². The molecule has 0 N–H and O–H groups in total. The van der Waals surface area contributed by atoms with E-state index in [0.717, 1.165) is 19.3 Å². The highest BCUT2D eigenvalue weighted by Crippen LogP contribution is 2.78. The molecule has 138 valence electrons. The van der Waals surface area contributed by atoms with Crippen LogP contribution in [0, 0.1) is 23.7 Å². The monoisotopic (exact) mass is 364 g/mol. The van der Waals surface area contributed by atoms with E-state index in [1.54, 1.807) is 12.1 Å². The van der Waals surface area contributed by atoms with Crippen molar-refractivity contribution in [3.05, 3.63) is 42.5 Å². The van der Waals surface area contributed by atoms with Crippen molar-refractivity contribution in [2.75, 3.05) is 12.0 Å². The van der Waals surface area contributed by atoms with Crippen LogP contribution in [0.1, 0.15) is 19.3 Å². The second kappa shape index (κ2) is 4.61. The van der Waals surface area contributed by atoms with Gasteiger partial charge in [-0.25, -0.2) is 4.79 Å². The molecular weight excluding hydrogens is 344 g/mol. The van der Waals surface area contributed by atoms with E-state index in [2.05, 4.69) is 12.2 Å². The minimum absolute atomic E-state index is 0.112. The first kappa shape index (κ1) is 15.4. The van der Waals surface area contributed by atoms with E-state index >= 15 is 0 Å². The summed E-state index contributed by atoms with van der Waals surface area (Å²) in [5.74, 6) is -1.23. The lowest BCUT2D eigenvalue weighted by molar-refractivity contribution is -0.125. The molecule has 1 aromatic rings. The minimum Gasteiger partial charge on any atom is -0.453 e. The fourth-order valence-corrected chi connectivity index (χ4v) is 7.10. The lowest BCUT2D eigenvalue weighted by Gasteiger charge is -2.43. The minimum atomic E-state index is -0.381. The van der Waals surface area contributed by atoms with Gasteiger partial charge in [-0.15, -0.1) is 0 Å². The van der Waals surface area contributed by atoms with Crippen LogP contribution in [0.15, 0.2) is 42.5 Å². The van der Waals surface area contributed by atoms with Gasteiger partial charge >= 0.3 is 6.09 Å². The van der Waals surface area contributed by atoms with Crippen molar-refractivity contribution in [2.45, 2.75) is 30.3 Å². The largest absolute Gasteiger partial charge is 0.453 e. The van der Waals surface area contributed by atoms with Gasteiger partial charge in [-0.1, -0.05) is 30.4 Å². The molecule has 7 rings (SSSR count). The maximum Gasteiger partial charge on any atom is 0.410 e. The summed E-state index contributed by atoms with van der Waals surface area (Å²) in [6.07, 6.45) is 6.64. The maximum atomic E-state index is 13.4. The Morgan fingerprint density at radius 3 is 2.07 bits per heavy atom. The molecule has 3 amide bonds. The smallest absolute Gasteiger partial charge is 0.410 e. The summed E-state index contributed by atoms with van der Waals surface area (Å²) in [4.78, 5) is 42.5. The third-order valence-corrected chi connectivity index (χ3v) is 7.79. The second-order valence-electron chi connectivity index (χ2n) is 8.34. The number of piperidine rings is 1. The molecule has 2 saturated carbocycles. The van der Waals surface area contributed by atoms with E-state index in [-0.39, 0.29) is 52.7 Å². The normalized spacial score (nSPS) is 42.9. The summed E-state index contributed by atoms with van der Waals surface area (Å²) >= 11 is 0. The number of hydrogen-bond donors (Lipinski definition) is 0. The fraction of sp³-hybridized carbons (Fsp3) is 0.476. The lowest BCUT2D eigenvalue weighted by Crippen LogP contribution is -2.53. The molecule has 0 spiro atoms. The zero-order valence-electron chi connectivity index (χ0n) is 15.0. The van der Waals surface area contributed by atoms with Gasteiger partial charge in [-0.3, -0.25) is 19.4 Å². The van der Waals surface area contributed by atoms with Gasteiger partial charge < -0.3 is 4.74 Å². The van der Waals surface area contributed by atoms with Crippen LogP contribution in [0.2, 0.25) is 0 Å².